The van der Waals surface area contributed by atoms with Crippen molar-refractivity contribution < 1.29 is 14.3 Å². The van der Waals surface area contributed by atoms with Crippen LogP contribution in [0.3, 0.4) is 0 Å². The van der Waals surface area contributed by atoms with Crippen LogP contribution in [0.2, 0.25) is 0 Å². The minimum Gasteiger partial charge on any atom is -0.493 e. The fraction of sp³-hybridized carbons (Fsp3) is 0.125. The average Bonchev–Trinajstić information content (AvgIpc) is 3.25. The molecule has 3 aromatic carbocycles. The number of hydrazone groups is 1. The third kappa shape index (κ3) is 5.67. The zero-order chi connectivity index (χ0) is 22.2. The van der Waals surface area contributed by atoms with Crippen molar-refractivity contribution in [1.29, 1.82) is 0 Å². The van der Waals surface area contributed by atoms with Gasteiger partial charge >= 0.3 is 0 Å². The number of para-hydroxylation sites is 2. The molecule has 0 aliphatic rings. The molecule has 0 fully saturated rings. The molecule has 0 aliphatic carbocycles. The molecule has 32 heavy (non-hydrogen) atoms. The second-order valence-corrected chi connectivity index (χ2v) is 7.79. The van der Waals surface area contributed by atoms with E-state index in [2.05, 4.69) is 20.5 Å². The minimum absolute atomic E-state index is 0.201. The zero-order valence-corrected chi connectivity index (χ0v) is 18.3. The molecule has 4 aromatic rings. The van der Waals surface area contributed by atoms with Crippen LogP contribution in [0.15, 0.2) is 83.1 Å². The summed E-state index contributed by atoms with van der Waals surface area (Å²) in [5, 5.41) is 4.73. The van der Waals surface area contributed by atoms with Crippen LogP contribution >= 0.6 is 11.8 Å². The van der Waals surface area contributed by atoms with Crippen molar-refractivity contribution in [1.82, 2.24) is 15.4 Å². The Bertz CT molecular complexity index is 1190. The standard InChI is InChI=1S/C24H22N4O3S/c1-30-22-13-18(11-12-21(22)31-15-17-7-3-2-4-8-17)14-25-28-23(29)16-32-24-26-19-9-5-6-10-20(19)27-24/h2-14H,15-16H2,1H3,(H,26,27)(H,28,29)/b25-14+. The summed E-state index contributed by atoms with van der Waals surface area (Å²) in [5.41, 5.74) is 6.20. The van der Waals surface area contributed by atoms with Crippen LogP contribution in [0.5, 0.6) is 11.5 Å². The second kappa shape index (κ2) is 10.5. The van der Waals surface area contributed by atoms with Crippen molar-refractivity contribution in [3.63, 3.8) is 0 Å². The second-order valence-electron chi connectivity index (χ2n) is 6.83. The van der Waals surface area contributed by atoms with Gasteiger partial charge in [-0.3, -0.25) is 4.79 Å². The largest absolute Gasteiger partial charge is 0.493 e. The normalized spacial score (nSPS) is 11.0. The van der Waals surface area contributed by atoms with Crippen LogP contribution in [0.25, 0.3) is 11.0 Å². The first kappa shape index (κ1) is 21.5. The van der Waals surface area contributed by atoms with Crippen molar-refractivity contribution in [2.75, 3.05) is 12.9 Å². The number of benzene rings is 3. The van der Waals surface area contributed by atoms with E-state index < -0.39 is 0 Å². The van der Waals surface area contributed by atoms with Gasteiger partial charge in [0.1, 0.15) is 6.61 Å². The summed E-state index contributed by atoms with van der Waals surface area (Å²) in [7, 11) is 1.59. The van der Waals surface area contributed by atoms with Crippen molar-refractivity contribution in [3.8, 4) is 11.5 Å². The highest BCUT2D eigenvalue weighted by Crippen LogP contribution is 2.28. The number of imidazole rings is 1. The van der Waals surface area contributed by atoms with Gasteiger partial charge in [-0.2, -0.15) is 5.10 Å². The van der Waals surface area contributed by atoms with Crippen molar-refractivity contribution in [3.05, 3.63) is 83.9 Å². The Labute approximate surface area is 189 Å². The number of aromatic nitrogens is 2. The number of amides is 1. The van der Waals surface area contributed by atoms with Gasteiger partial charge in [0.15, 0.2) is 16.7 Å². The third-order valence-corrected chi connectivity index (χ3v) is 5.41. The summed E-state index contributed by atoms with van der Waals surface area (Å²) in [6.45, 7) is 0.448. The maximum Gasteiger partial charge on any atom is 0.250 e. The molecule has 4 rings (SSSR count). The number of rotatable bonds is 9. The van der Waals surface area contributed by atoms with E-state index in [1.807, 2.05) is 66.7 Å². The number of H-pyrrole nitrogens is 1. The Morgan fingerprint density at radius 1 is 1.09 bits per heavy atom. The first-order valence-corrected chi connectivity index (χ1v) is 10.9. The number of aromatic amines is 1. The van der Waals surface area contributed by atoms with Gasteiger partial charge in [-0.1, -0.05) is 54.2 Å². The monoisotopic (exact) mass is 446 g/mol. The molecule has 1 aromatic heterocycles. The predicted octanol–water partition coefficient (Wildman–Crippen LogP) is 4.39. The Morgan fingerprint density at radius 3 is 2.72 bits per heavy atom. The van der Waals surface area contributed by atoms with E-state index >= 15 is 0 Å². The minimum atomic E-state index is -0.221. The van der Waals surface area contributed by atoms with Gasteiger partial charge in [-0.15, -0.1) is 0 Å². The molecule has 0 saturated heterocycles. The van der Waals surface area contributed by atoms with Crippen LogP contribution in [0.4, 0.5) is 0 Å². The summed E-state index contributed by atoms with van der Waals surface area (Å²) in [5.74, 6) is 1.21. The van der Waals surface area contributed by atoms with Crippen LogP contribution in [0, 0.1) is 0 Å². The van der Waals surface area contributed by atoms with E-state index in [1.165, 1.54) is 11.8 Å². The fourth-order valence-corrected chi connectivity index (χ4v) is 3.64. The number of fused-ring (bicyclic) bond motifs is 1. The van der Waals surface area contributed by atoms with E-state index in [4.69, 9.17) is 9.47 Å². The number of thioether (sulfide) groups is 1. The topological polar surface area (TPSA) is 88.6 Å². The average molecular weight is 447 g/mol. The fourth-order valence-electron chi connectivity index (χ4n) is 2.96. The summed E-state index contributed by atoms with van der Waals surface area (Å²) in [6.07, 6.45) is 1.56. The van der Waals surface area contributed by atoms with Gasteiger partial charge in [-0.05, 0) is 41.5 Å². The van der Waals surface area contributed by atoms with Crippen molar-refractivity contribution >= 4 is 34.9 Å². The zero-order valence-electron chi connectivity index (χ0n) is 17.4. The molecule has 0 radical (unpaired) electrons. The van der Waals surface area contributed by atoms with Gasteiger partial charge in [0.25, 0.3) is 5.91 Å². The van der Waals surface area contributed by atoms with Gasteiger partial charge in [-0.25, -0.2) is 10.4 Å². The lowest BCUT2D eigenvalue weighted by Crippen LogP contribution is -2.19. The molecule has 0 unspecified atom stereocenters. The Kier molecular flexibility index (Phi) is 7.04. The summed E-state index contributed by atoms with van der Waals surface area (Å²) in [4.78, 5) is 19.7. The van der Waals surface area contributed by atoms with E-state index in [1.54, 1.807) is 19.4 Å². The van der Waals surface area contributed by atoms with Gasteiger partial charge < -0.3 is 14.5 Å². The number of carbonyl (C=O) groups is 1. The molecule has 0 bridgehead atoms. The smallest absolute Gasteiger partial charge is 0.250 e. The van der Waals surface area contributed by atoms with E-state index in [0.717, 1.165) is 22.2 Å². The highest BCUT2D eigenvalue weighted by Gasteiger charge is 2.07. The molecule has 162 valence electrons. The number of hydrogen-bond donors (Lipinski definition) is 2. The summed E-state index contributed by atoms with van der Waals surface area (Å²) < 4.78 is 11.3. The lowest BCUT2D eigenvalue weighted by atomic mass is 10.2. The number of nitrogens with zero attached hydrogens (tertiary/aromatic N) is 2. The lowest BCUT2D eigenvalue weighted by Gasteiger charge is -2.11. The van der Waals surface area contributed by atoms with E-state index in [0.29, 0.717) is 23.3 Å². The number of carbonyl (C=O) groups excluding carboxylic acids is 1. The highest BCUT2D eigenvalue weighted by molar-refractivity contribution is 7.99. The molecule has 8 heteroatoms. The Hall–Kier alpha value is -3.78. The lowest BCUT2D eigenvalue weighted by molar-refractivity contribution is -0.118. The molecule has 0 saturated carbocycles. The van der Waals surface area contributed by atoms with Crippen LogP contribution in [-0.4, -0.2) is 35.0 Å². The van der Waals surface area contributed by atoms with Crippen molar-refractivity contribution in [2.45, 2.75) is 11.8 Å². The van der Waals surface area contributed by atoms with Gasteiger partial charge in [0, 0.05) is 0 Å². The number of methoxy groups -OCH3 is 1. The van der Waals surface area contributed by atoms with E-state index in [-0.39, 0.29) is 11.7 Å². The summed E-state index contributed by atoms with van der Waals surface area (Å²) in [6, 6.07) is 23.1. The third-order valence-electron chi connectivity index (χ3n) is 4.54. The Balaban J connectivity index is 1.28. The molecule has 0 aliphatic heterocycles. The molecule has 7 nitrogen and oxygen atoms in total. The Morgan fingerprint density at radius 2 is 1.91 bits per heavy atom. The highest BCUT2D eigenvalue weighted by atomic mass is 32.2. The predicted molar refractivity (Wildman–Crippen MR) is 126 cm³/mol. The maximum atomic E-state index is 12.1. The van der Waals surface area contributed by atoms with Gasteiger partial charge in [0.05, 0.1) is 30.1 Å². The molecule has 0 atom stereocenters. The van der Waals surface area contributed by atoms with E-state index in [9.17, 15) is 4.79 Å². The number of ether oxygens (including phenoxy) is 2. The maximum absolute atomic E-state index is 12.1. The molecule has 0 spiro atoms. The SMILES string of the molecule is COc1cc(/C=N/NC(=O)CSc2nc3ccccc3[nH]2)ccc1OCc1ccccc1. The van der Waals surface area contributed by atoms with Crippen LogP contribution in [0.1, 0.15) is 11.1 Å². The molecule has 1 heterocycles. The van der Waals surface area contributed by atoms with Crippen molar-refractivity contribution in [2.24, 2.45) is 5.10 Å². The van der Waals surface area contributed by atoms with Gasteiger partial charge in [0.2, 0.25) is 0 Å². The molecular formula is C24H22N4O3S. The van der Waals surface area contributed by atoms with Crippen LogP contribution in [-0.2, 0) is 11.4 Å². The number of hydrogen-bond acceptors (Lipinski definition) is 6. The molecule has 1 amide bonds. The summed E-state index contributed by atoms with van der Waals surface area (Å²) >= 11 is 1.32. The number of nitrogens with one attached hydrogen (secondary N) is 2. The first-order chi connectivity index (χ1) is 15.7. The molecular weight excluding hydrogens is 424 g/mol. The molecule has 2 N–H and O–H groups in total. The first-order valence-electron chi connectivity index (χ1n) is 9.95. The van der Waals surface area contributed by atoms with Crippen LogP contribution < -0.4 is 14.9 Å². The quantitative estimate of drug-likeness (QED) is 0.226.